The molecule has 0 aliphatic heterocycles. The summed E-state index contributed by atoms with van der Waals surface area (Å²) in [7, 11) is 0. The Morgan fingerprint density at radius 1 is 1.37 bits per heavy atom. The van der Waals surface area contributed by atoms with E-state index < -0.39 is 11.6 Å². The van der Waals surface area contributed by atoms with Crippen LogP contribution in [0.3, 0.4) is 0 Å². The zero-order chi connectivity index (χ0) is 14.0. The van der Waals surface area contributed by atoms with Crippen LogP contribution in [-0.2, 0) is 5.41 Å². The van der Waals surface area contributed by atoms with Crippen LogP contribution in [0.5, 0.6) is 0 Å². The van der Waals surface area contributed by atoms with Crippen LogP contribution in [0.25, 0.3) is 0 Å². The molecule has 1 nitrogen and oxygen atoms in total. The molecule has 0 saturated heterocycles. The Bertz CT molecular complexity index is 444. The minimum atomic E-state index is -0.500. The average Bonchev–Trinajstić information content (AvgIpc) is 3.03. The lowest BCUT2D eigenvalue weighted by Gasteiger charge is -2.20. The van der Waals surface area contributed by atoms with Crippen molar-refractivity contribution in [2.75, 3.05) is 13.1 Å². The molecule has 1 fully saturated rings. The highest BCUT2D eigenvalue weighted by atomic mass is 19.1. The van der Waals surface area contributed by atoms with Crippen molar-refractivity contribution in [1.82, 2.24) is 5.32 Å². The fourth-order valence-electron chi connectivity index (χ4n) is 3.03. The molecule has 1 aliphatic carbocycles. The van der Waals surface area contributed by atoms with Crippen LogP contribution in [0.2, 0.25) is 0 Å². The fourth-order valence-corrected chi connectivity index (χ4v) is 3.03. The van der Waals surface area contributed by atoms with E-state index in [0.717, 1.165) is 32.0 Å². The summed E-state index contributed by atoms with van der Waals surface area (Å²) in [5.74, 6) is 0.184. The maximum Gasteiger partial charge on any atom is 0.129 e. The van der Waals surface area contributed by atoms with Crippen LogP contribution in [0.4, 0.5) is 8.78 Å². The standard InChI is InChI=1S/C16H23F2N/c1-4-12-8-16(12,10-19-9-11(2)3)14-6-5-13(17)7-15(14)18/h5-7,11-12,19H,4,8-10H2,1-3H3. The zero-order valence-electron chi connectivity index (χ0n) is 12.0. The van der Waals surface area contributed by atoms with E-state index >= 15 is 0 Å². The second-order valence-electron chi connectivity index (χ2n) is 6.11. The van der Waals surface area contributed by atoms with Gasteiger partial charge in [-0.2, -0.15) is 0 Å². The maximum absolute atomic E-state index is 14.0. The van der Waals surface area contributed by atoms with Crippen LogP contribution in [0.1, 0.15) is 39.2 Å². The molecule has 1 aliphatic rings. The molecule has 0 spiro atoms. The maximum atomic E-state index is 14.0. The lowest BCUT2D eigenvalue weighted by molar-refractivity contribution is 0.464. The van der Waals surface area contributed by atoms with Crippen molar-refractivity contribution >= 4 is 0 Å². The van der Waals surface area contributed by atoms with Crippen LogP contribution < -0.4 is 5.32 Å². The van der Waals surface area contributed by atoms with E-state index in [1.807, 2.05) is 0 Å². The van der Waals surface area contributed by atoms with Gasteiger partial charge in [0, 0.05) is 18.0 Å². The molecule has 106 valence electrons. The van der Waals surface area contributed by atoms with E-state index in [9.17, 15) is 8.78 Å². The van der Waals surface area contributed by atoms with Gasteiger partial charge in [-0.25, -0.2) is 8.78 Å². The Kier molecular flexibility index (Phi) is 4.24. The number of halogens is 2. The first kappa shape index (κ1) is 14.4. The molecule has 0 bridgehead atoms. The van der Waals surface area contributed by atoms with Gasteiger partial charge in [0.15, 0.2) is 0 Å². The monoisotopic (exact) mass is 267 g/mol. The van der Waals surface area contributed by atoms with E-state index in [4.69, 9.17) is 0 Å². The van der Waals surface area contributed by atoms with Gasteiger partial charge in [-0.1, -0.05) is 33.3 Å². The Morgan fingerprint density at radius 2 is 2.11 bits per heavy atom. The molecule has 0 amide bonds. The first-order valence-electron chi connectivity index (χ1n) is 7.16. The van der Waals surface area contributed by atoms with Crippen molar-refractivity contribution in [1.29, 1.82) is 0 Å². The highest BCUT2D eigenvalue weighted by molar-refractivity contribution is 5.36. The smallest absolute Gasteiger partial charge is 0.129 e. The molecule has 3 heteroatoms. The lowest BCUT2D eigenvalue weighted by Crippen LogP contribution is -2.31. The molecule has 1 N–H and O–H groups in total. The van der Waals surface area contributed by atoms with Crippen molar-refractivity contribution in [3.05, 3.63) is 35.4 Å². The van der Waals surface area contributed by atoms with Crippen molar-refractivity contribution in [2.24, 2.45) is 11.8 Å². The van der Waals surface area contributed by atoms with E-state index in [1.165, 1.54) is 6.07 Å². The van der Waals surface area contributed by atoms with E-state index in [-0.39, 0.29) is 5.41 Å². The van der Waals surface area contributed by atoms with E-state index in [2.05, 4.69) is 26.1 Å². The van der Waals surface area contributed by atoms with Crippen molar-refractivity contribution in [2.45, 2.75) is 39.0 Å². The minimum Gasteiger partial charge on any atom is -0.316 e. The molecule has 0 aromatic heterocycles. The summed E-state index contributed by atoms with van der Waals surface area (Å²) in [6.07, 6.45) is 2.04. The second kappa shape index (κ2) is 5.58. The molecule has 1 saturated carbocycles. The minimum absolute atomic E-state index is 0.124. The summed E-state index contributed by atoms with van der Waals surface area (Å²) >= 11 is 0. The third kappa shape index (κ3) is 2.97. The van der Waals surface area contributed by atoms with Gasteiger partial charge in [0.2, 0.25) is 0 Å². The molecule has 0 heterocycles. The number of benzene rings is 1. The SMILES string of the molecule is CCC1CC1(CNCC(C)C)c1ccc(F)cc1F. The van der Waals surface area contributed by atoms with Crippen molar-refractivity contribution in [3.8, 4) is 0 Å². The number of rotatable bonds is 6. The molecule has 19 heavy (non-hydrogen) atoms. The molecule has 2 unspecified atom stereocenters. The first-order chi connectivity index (χ1) is 8.99. The number of hydrogen-bond donors (Lipinski definition) is 1. The number of hydrogen-bond acceptors (Lipinski definition) is 1. The Labute approximate surface area is 114 Å². The van der Waals surface area contributed by atoms with Crippen molar-refractivity contribution < 1.29 is 8.78 Å². The summed E-state index contributed by atoms with van der Waals surface area (Å²) in [6.45, 7) is 8.16. The Morgan fingerprint density at radius 3 is 2.63 bits per heavy atom. The van der Waals surface area contributed by atoms with Crippen molar-refractivity contribution in [3.63, 3.8) is 0 Å². The molecule has 1 aromatic rings. The predicted octanol–water partition coefficient (Wildman–Crippen LogP) is 3.88. The largest absolute Gasteiger partial charge is 0.316 e. The van der Waals surface area contributed by atoms with Gasteiger partial charge >= 0.3 is 0 Å². The number of nitrogens with one attached hydrogen (secondary N) is 1. The predicted molar refractivity (Wildman–Crippen MR) is 74.1 cm³/mol. The van der Waals surface area contributed by atoms with Gasteiger partial charge in [0.05, 0.1) is 0 Å². The zero-order valence-corrected chi connectivity index (χ0v) is 12.0. The lowest BCUT2D eigenvalue weighted by atomic mass is 9.91. The highest BCUT2D eigenvalue weighted by Crippen LogP contribution is 2.56. The van der Waals surface area contributed by atoms with Gasteiger partial charge in [-0.15, -0.1) is 0 Å². The van der Waals surface area contributed by atoms with Gasteiger partial charge in [-0.3, -0.25) is 0 Å². The molecule has 2 atom stereocenters. The summed E-state index contributed by atoms with van der Waals surface area (Å²) in [5, 5.41) is 3.43. The molecule has 1 aromatic carbocycles. The second-order valence-corrected chi connectivity index (χ2v) is 6.11. The van der Waals surface area contributed by atoms with Gasteiger partial charge < -0.3 is 5.32 Å². The van der Waals surface area contributed by atoms with Crippen LogP contribution >= 0.6 is 0 Å². The topological polar surface area (TPSA) is 12.0 Å². The van der Waals surface area contributed by atoms with Crippen LogP contribution in [0, 0.1) is 23.5 Å². The van der Waals surface area contributed by atoms with E-state index in [1.54, 1.807) is 6.07 Å². The van der Waals surface area contributed by atoms with Gasteiger partial charge in [-0.05, 0) is 36.4 Å². The fraction of sp³-hybridized carbons (Fsp3) is 0.625. The quantitative estimate of drug-likeness (QED) is 0.825. The molecular weight excluding hydrogens is 244 g/mol. The summed E-state index contributed by atoms with van der Waals surface area (Å²) in [5.41, 5.74) is 0.554. The first-order valence-corrected chi connectivity index (χ1v) is 7.16. The molecule has 0 radical (unpaired) electrons. The van der Waals surface area contributed by atoms with Crippen LogP contribution in [0.15, 0.2) is 18.2 Å². The Balaban J connectivity index is 2.16. The summed E-state index contributed by atoms with van der Waals surface area (Å²) < 4.78 is 27.1. The third-order valence-corrected chi connectivity index (χ3v) is 4.19. The molecule has 2 rings (SSSR count). The normalized spacial score (nSPS) is 25.9. The van der Waals surface area contributed by atoms with Gasteiger partial charge in [0.25, 0.3) is 0 Å². The third-order valence-electron chi connectivity index (χ3n) is 4.19. The summed E-state index contributed by atoms with van der Waals surface area (Å²) in [4.78, 5) is 0. The Hall–Kier alpha value is -0.960. The van der Waals surface area contributed by atoms with Gasteiger partial charge in [0.1, 0.15) is 11.6 Å². The van der Waals surface area contributed by atoms with E-state index in [0.29, 0.717) is 17.4 Å². The summed E-state index contributed by atoms with van der Waals surface area (Å²) in [6, 6.07) is 4.00. The van der Waals surface area contributed by atoms with Crippen LogP contribution in [-0.4, -0.2) is 13.1 Å². The molecular formula is C16H23F2N. The average molecular weight is 267 g/mol. The highest BCUT2D eigenvalue weighted by Gasteiger charge is 2.54.